The van der Waals surface area contributed by atoms with Crippen molar-refractivity contribution in [3.8, 4) is 0 Å². The molecule has 1 heterocycles. The minimum absolute atomic E-state index is 0.0506. The summed E-state index contributed by atoms with van der Waals surface area (Å²) in [4.78, 5) is 41.5. The number of amides is 2. The molecule has 35 heavy (non-hydrogen) atoms. The zero-order valence-electron chi connectivity index (χ0n) is 21.3. The van der Waals surface area contributed by atoms with Crippen molar-refractivity contribution < 1.29 is 23.9 Å². The molecule has 2 unspecified atom stereocenters. The van der Waals surface area contributed by atoms with Gasteiger partial charge in [-0.15, -0.1) is 0 Å². The standard InChI is InChI=1S/C28H38N2O5/c1-4-34-26(33)30-9-7-29(8-10-30)24(31)17-35-25(32)28-15-21-12-22(16-28)14-27(13-21,18-28)23-6-5-19(2)20(3)11-23/h5-6,11,21-22H,4,7-10,12-18H2,1-3H3. The molecule has 6 rings (SSSR count). The van der Waals surface area contributed by atoms with Crippen molar-refractivity contribution >= 4 is 18.0 Å². The minimum Gasteiger partial charge on any atom is -0.455 e. The molecule has 0 spiro atoms. The van der Waals surface area contributed by atoms with Crippen LogP contribution in [0.4, 0.5) is 4.79 Å². The number of hydrogen-bond acceptors (Lipinski definition) is 5. The van der Waals surface area contributed by atoms with E-state index in [1.54, 1.807) is 16.7 Å². The van der Waals surface area contributed by atoms with Crippen molar-refractivity contribution in [2.24, 2.45) is 17.3 Å². The number of hydrogen-bond donors (Lipinski definition) is 0. The maximum atomic E-state index is 13.5. The van der Waals surface area contributed by atoms with Crippen molar-refractivity contribution in [3.05, 3.63) is 34.9 Å². The van der Waals surface area contributed by atoms with Gasteiger partial charge in [0.25, 0.3) is 5.91 Å². The fourth-order valence-corrected chi connectivity index (χ4v) is 7.64. The zero-order chi connectivity index (χ0) is 24.8. The number of aryl methyl sites for hydroxylation is 2. The van der Waals surface area contributed by atoms with Gasteiger partial charge in [-0.2, -0.15) is 0 Å². The van der Waals surface area contributed by atoms with Crippen molar-refractivity contribution in [2.75, 3.05) is 39.4 Å². The molecule has 4 saturated carbocycles. The van der Waals surface area contributed by atoms with Gasteiger partial charge in [0.15, 0.2) is 6.61 Å². The first-order chi connectivity index (χ1) is 16.7. The van der Waals surface area contributed by atoms with Gasteiger partial charge in [0.05, 0.1) is 12.0 Å². The van der Waals surface area contributed by atoms with E-state index in [9.17, 15) is 14.4 Å². The Morgan fingerprint density at radius 2 is 1.57 bits per heavy atom. The molecule has 1 aliphatic heterocycles. The predicted molar refractivity (Wildman–Crippen MR) is 131 cm³/mol. The summed E-state index contributed by atoms with van der Waals surface area (Å²) in [6.45, 7) is 7.94. The lowest BCUT2D eigenvalue weighted by atomic mass is 9.43. The lowest BCUT2D eigenvalue weighted by Gasteiger charge is -2.61. The minimum atomic E-state index is -0.467. The predicted octanol–water partition coefficient (Wildman–Crippen LogP) is 3.99. The van der Waals surface area contributed by atoms with Gasteiger partial charge in [-0.25, -0.2) is 4.79 Å². The third-order valence-corrected chi connectivity index (χ3v) is 9.10. The highest BCUT2D eigenvalue weighted by Crippen LogP contribution is 2.66. The van der Waals surface area contributed by atoms with Crippen LogP contribution in [0.3, 0.4) is 0 Å². The van der Waals surface area contributed by atoms with E-state index in [0.29, 0.717) is 44.6 Å². The van der Waals surface area contributed by atoms with Crippen LogP contribution in [0.15, 0.2) is 18.2 Å². The lowest BCUT2D eigenvalue weighted by Crippen LogP contribution is -2.57. The average Bonchev–Trinajstić information content (AvgIpc) is 2.83. The Morgan fingerprint density at radius 3 is 2.20 bits per heavy atom. The van der Waals surface area contributed by atoms with Crippen LogP contribution in [0.2, 0.25) is 0 Å². The fraction of sp³-hybridized carbons (Fsp3) is 0.679. The number of nitrogens with zero attached hydrogens (tertiary/aromatic N) is 2. The summed E-state index contributed by atoms with van der Waals surface area (Å²) >= 11 is 0. The zero-order valence-corrected chi connectivity index (χ0v) is 21.3. The second kappa shape index (κ2) is 9.14. The molecular weight excluding hydrogens is 444 g/mol. The molecule has 0 N–H and O–H groups in total. The Hall–Kier alpha value is -2.57. The maximum Gasteiger partial charge on any atom is 0.409 e. The van der Waals surface area contributed by atoms with Gasteiger partial charge in [-0.05, 0) is 93.2 Å². The summed E-state index contributed by atoms with van der Waals surface area (Å²) in [5.74, 6) is 0.739. The van der Waals surface area contributed by atoms with Crippen LogP contribution < -0.4 is 0 Å². The highest BCUT2D eigenvalue weighted by Gasteiger charge is 2.61. The molecule has 0 radical (unpaired) electrons. The first-order valence-electron chi connectivity index (χ1n) is 13.2. The summed E-state index contributed by atoms with van der Waals surface area (Å²) in [7, 11) is 0. The molecular formula is C28H38N2O5. The Morgan fingerprint density at radius 1 is 0.914 bits per heavy atom. The van der Waals surface area contributed by atoms with E-state index < -0.39 is 5.41 Å². The number of rotatable bonds is 5. The van der Waals surface area contributed by atoms with Gasteiger partial charge in [0.2, 0.25) is 0 Å². The third-order valence-electron chi connectivity index (χ3n) is 9.10. The largest absolute Gasteiger partial charge is 0.455 e. The van der Waals surface area contributed by atoms with Gasteiger partial charge < -0.3 is 19.3 Å². The highest BCUT2D eigenvalue weighted by atomic mass is 16.6. The Labute approximate surface area is 208 Å². The second-order valence-corrected chi connectivity index (χ2v) is 11.5. The van der Waals surface area contributed by atoms with Crippen LogP contribution in [0.25, 0.3) is 0 Å². The van der Waals surface area contributed by atoms with Crippen LogP contribution >= 0.6 is 0 Å². The Kier molecular flexibility index (Phi) is 6.30. The topological polar surface area (TPSA) is 76.2 Å². The summed E-state index contributed by atoms with van der Waals surface area (Å²) in [5, 5.41) is 0. The smallest absolute Gasteiger partial charge is 0.409 e. The summed E-state index contributed by atoms with van der Waals surface area (Å²) in [5.41, 5.74) is 3.57. The first kappa shape index (κ1) is 24.1. The molecule has 5 fully saturated rings. The summed E-state index contributed by atoms with van der Waals surface area (Å²) < 4.78 is 10.8. The van der Waals surface area contributed by atoms with Gasteiger partial charge in [0.1, 0.15) is 0 Å². The van der Waals surface area contributed by atoms with Gasteiger partial charge in [0, 0.05) is 26.2 Å². The molecule has 7 nitrogen and oxygen atoms in total. The van der Waals surface area contributed by atoms with E-state index in [1.807, 2.05) is 0 Å². The third kappa shape index (κ3) is 4.43. The molecule has 4 aliphatic carbocycles. The van der Waals surface area contributed by atoms with Crippen molar-refractivity contribution in [1.82, 2.24) is 9.80 Å². The van der Waals surface area contributed by atoms with E-state index in [-0.39, 0.29) is 30.0 Å². The average molecular weight is 483 g/mol. The van der Waals surface area contributed by atoms with Crippen molar-refractivity contribution in [1.29, 1.82) is 0 Å². The fourth-order valence-electron chi connectivity index (χ4n) is 7.64. The highest BCUT2D eigenvalue weighted by molar-refractivity contribution is 5.83. The molecule has 4 bridgehead atoms. The van der Waals surface area contributed by atoms with Crippen LogP contribution in [-0.2, 0) is 24.5 Å². The molecule has 2 amide bonds. The van der Waals surface area contributed by atoms with E-state index in [0.717, 1.165) is 32.1 Å². The number of carbonyl (C=O) groups excluding carboxylic acids is 3. The van der Waals surface area contributed by atoms with Gasteiger partial charge in [-0.3, -0.25) is 9.59 Å². The SMILES string of the molecule is CCOC(=O)N1CCN(C(=O)COC(=O)C23CC4CC(C2)CC(c2ccc(C)c(C)c2)(C4)C3)CC1. The van der Waals surface area contributed by atoms with Crippen molar-refractivity contribution in [2.45, 2.75) is 64.7 Å². The number of benzene rings is 1. The van der Waals surface area contributed by atoms with E-state index in [4.69, 9.17) is 9.47 Å². The molecule has 2 atom stereocenters. The van der Waals surface area contributed by atoms with Gasteiger partial charge >= 0.3 is 12.1 Å². The van der Waals surface area contributed by atoms with E-state index in [2.05, 4.69) is 32.0 Å². The Bertz CT molecular complexity index is 999. The van der Waals surface area contributed by atoms with Crippen LogP contribution in [-0.4, -0.2) is 67.2 Å². The van der Waals surface area contributed by atoms with Crippen LogP contribution in [0.5, 0.6) is 0 Å². The lowest BCUT2D eigenvalue weighted by molar-refractivity contribution is -0.177. The molecule has 5 aliphatic rings. The molecule has 1 aromatic carbocycles. The quantitative estimate of drug-likeness (QED) is 0.594. The number of piperazine rings is 1. The maximum absolute atomic E-state index is 13.5. The van der Waals surface area contributed by atoms with E-state index in [1.165, 1.54) is 23.1 Å². The molecule has 190 valence electrons. The number of ether oxygens (including phenoxy) is 2. The summed E-state index contributed by atoms with van der Waals surface area (Å²) in [6, 6.07) is 6.82. The number of carbonyl (C=O) groups is 3. The first-order valence-corrected chi connectivity index (χ1v) is 13.2. The molecule has 1 saturated heterocycles. The Balaban J connectivity index is 1.22. The van der Waals surface area contributed by atoms with E-state index >= 15 is 0 Å². The van der Waals surface area contributed by atoms with Gasteiger partial charge in [-0.1, -0.05) is 18.2 Å². The normalized spacial score (nSPS) is 31.4. The van der Waals surface area contributed by atoms with Crippen LogP contribution in [0, 0.1) is 31.1 Å². The second-order valence-electron chi connectivity index (χ2n) is 11.5. The molecule has 1 aromatic rings. The molecule has 7 heteroatoms. The molecule has 0 aromatic heterocycles. The monoisotopic (exact) mass is 482 g/mol. The van der Waals surface area contributed by atoms with Crippen molar-refractivity contribution in [3.63, 3.8) is 0 Å². The number of esters is 1. The summed E-state index contributed by atoms with van der Waals surface area (Å²) in [6.07, 6.45) is 5.80. The van der Waals surface area contributed by atoms with Crippen LogP contribution in [0.1, 0.15) is 62.1 Å².